The molecule has 2 aromatic heterocycles. The molecule has 4 aromatic carbocycles. The molecule has 0 saturated heterocycles. The first-order chi connectivity index (χ1) is 21.3. The second-order valence-electron chi connectivity index (χ2n) is 9.46. The topological polar surface area (TPSA) is 108 Å². The lowest BCUT2D eigenvalue weighted by Crippen LogP contribution is -2.21. The molecule has 1 amide bonds. The number of benzene rings is 4. The van der Waals surface area contributed by atoms with E-state index in [-0.39, 0.29) is 18.0 Å². The molecule has 1 N–H and O–H groups in total. The van der Waals surface area contributed by atoms with Gasteiger partial charge in [-0.15, -0.1) is 0 Å². The number of aromatic nitrogens is 2. The van der Waals surface area contributed by atoms with Gasteiger partial charge in [-0.1, -0.05) is 24.3 Å². The van der Waals surface area contributed by atoms with E-state index in [0.29, 0.717) is 45.0 Å². The fraction of sp³-hybridized carbons (Fsp3) is 0.0625. The van der Waals surface area contributed by atoms with Crippen molar-refractivity contribution < 1.29 is 23.1 Å². The molecule has 44 heavy (non-hydrogen) atoms. The molecular weight excluding hydrogens is 793 g/mol. The summed E-state index contributed by atoms with van der Waals surface area (Å²) in [4.78, 5) is 30.7. The van der Waals surface area contributed by atoms with Crippen LogP contribution in [0, 0.1) is 13.0 Å². The highest BCUT2D eigenvalue weighted by Gasteiger charge is 2.18. The summed E-state index contributed by atoms with van der Waals surface area (Å²) >= 11 is 4.22. The summed E-state index contributed by atoms with van der Waals surface area (Å²) in [5.41, 5.74) is 1.77. The molecule has 0 fully saturated rings. The molecule has 0 radical (unpaired) electrons. The van der Waals surface area contributed by atoms with E-state index in [4.69, 9.17) is 18.9 Å². The van der Waals surface area contributed by atoms with Gasteiger partial charge in [-0.2, -0.15) is 9.78 Å². The van der Waals surface area contributed by atoms with E-state index in [1.807, 2.05) is 36.4 Å². The number of para-hydroxylation sites is 1. The van der Waals surface area contributed by atoms with Crippen LogP contribution in [-0.2, 0) is 4.79 Å². The summed E-state index contributed by atoms with van der Waals surface area (Å²) in [6.07, 6.45) is 1.55. The number of hydrogen-bond acceptors (Lipinski definition) is 7. The maximum absolute atomic E-state index is 13.6. The van der Waals surface area contributed by atoms with Crippen LogP contribution in [0.4, 0.5) is 10.1 Å². The molecule has 0 aliphatic heterocycles. The number of halogens is 3. The number of carbonyl (C=O) groups excluding carboxylic acids is 1. The van der Waals surface area contributed by atoms with Crippen molar-refractivity contribution in [1.29, 1.82) is 0 Å². The molecule has 0 saturated carbocycles. The SMILES string of the molecule is COc1cccc2oc(-c3nc4ccccc4c(=O)n3N=Cc3cc(I)c(OCC(=O)Nc4cccc(F)c4)c(I)c3)cc12. The molecule has 9 nitrogen and oxygen atoms in total. The van der Waals surface area contributed by atoms with Crippen LogP contribution in [0.1, 0.15) is 5.56 Å². The third-order valence-electron chi connectivity index (χ3n) is 6.51. The van der Waals surface area contributed by atoms with Gasteiger partial charge in [-0.3, -0.25) is 9.59 Å². The molecule has 0 aliphatic carbocycles. The van der Waals surface area contributed by atoms with Crippen LogP contribution in [0.5, 0.6) is 11.5 Å². The van der Waals surface area contributed by atoms with Crippen molar-refractivity contribution in [1.82, 2.24) is 9.66 Å². The van der Waals surface area contributed by atoms with E-state index in [0.717, 1.165) is 12.5 Å². The van der Waals surface area contributed by atoms with Crippen molar-refractivity contribution in [2.75, 3.05) is 19.0 Å². The third-order valence-corrected chi connectivity index (χ3v) is 8.12. The number of hydrogen-bond donors (Lipinski definition) is 1. The van der Waals surface area contributed by atoms with E-state index >= 15 is 0 Å². The molecule has 6 rings (SSSR count). The second-order valence-corrected chi connectivity index (χ2v) is 11.8. The summed E-state index contributed by atoms with van der Waals surface area (Å²) < 4.78 is 33.4. The summed E-state index contributed by atoms with van der Waals surface area (Å²) in [5.74, 6) is 0.863. The Bertz CT molecular complexity index is 2120. The van der Waals surface area contributed by atoms with Crippen LogP contribution in [0.15, 0.2) is 99.2 Å². The predicted octanol–water partition coefficient (Wildman–Crippen LogP) is 7.07. The van der Waals surface area contributed by atoms with Gasteiger partial charge >= 0.3 is 0 Å². The summed E-state index contributed by atoms with van der Waals surface area (Å²) in [5, 5.41) is 8.30. The van der Waals surface area contributed by atoms with Crippen LogP contribution < -0.4 is 20.3 Å². The predicted molar refractivity (Wildman–Crippen MR) is 183 cm³/mol. The fourth-order valence-corrected chi connectivity index (χ4v) is 6.66. The highest BCUT2D eigenvalue weighted by molar-refractivity contribution is 14.1. The molecule has 2 heterocycles. The van der Waals surface area contributed by atoms with Gasteiger partial charge in [-0.25, -0.2) is 9.37 Å². The number of amides is 1. The molecule has 220 valence electrons. The normalized spacial score (nSPS) is 11.4. The lowest BCUT2D eigenvalue weighted by atomic mass is 10.2. The average Bonchev–Trinajstić information content (AvgIpc) is 3.45. The second kappa shape index (κ2) is 12.7. The summed E-state index contributed by atoms with van der Waals surface area (Å²) in [6, 6.07) is 23.5. The van der Waals surface area contributed by atoms with Gasteiger partial charge in [0.15, 0.2) is 12.4 Å². The van der Waals surface area contributed by atoms with E-state index in [9.17, 15) is 14.0 Å². The number of ether oxygens (including phenoxy) is 2. The van der Waals surface area contributed by atoms with Gasteiger partial charge in [0, 0.05) is 5.69 Å². The Hall–Kier alpha value is -4.31. The number of furan rings is 1. The lowest BCUT2D eigenvalue weighted by molar-refractivity contribution is -0.118. The first-order valence-electron chi connectivity index (χ1n) is 13.1. The van der Waals surface area contributed by atoms with Gasteiger partial charge in [0.05, 0.1) is 36.8 Å². The van der Waals surface area contributed by atoms with E-state index in [1.165, 1.54) is 22.9 Å². The summed E-state index contributed by atoms with van der Waals surface area (Å²) in [6.45, 7) is -0.264. The lowest BCUT2D eigenvalue weighted by Gasteiger charge is -2.12. The Kier molecular flexibility index (Phi) is 8.61. The number of nitrogens with zero attached hydrogens (tertiary/aromatic N) is 3. The van der Waals surface area contributed by atoms with Crippen molar-refractivity contribution in [2.45, 2.75) is 0 Å². The molecule has 0 spiro atoms. The van der Waals surface area contributed by atoms with Gasteiger partial charge in [0.25, 0.3) is 11.5 Å². The highest BCUT2D eigenvalue weighted by Crippen LogP contribution is 2.33. The van der Waals surface area contributed by atoms with Crippen molar-refractivity contribution >= 4 is 84.9 Å². The van der Waals surface area contributed by atoms with Gasteiger partial charge in [-0.05, 0) is 111 Å². The van der Waals surface area contributed by atoms with Crippen molar-refractivity contribution in [3.05, 3.63) is 114 Å². The van der Waals surface area contributed by atoms with E-state index in [2.05, 4.69) is 55.6 Å². The van der Waals surface area contributed by atoms with Crippen LogP contribution in [0.3, 0.4) is 0 Å². The molecule has 0 atom stereocenters. The third kappa shape index (κ3) is 6.17. The first-order valence-corrected chi connectivity index (χ1v) is 15.3. The number of fused-ring (bicyclic) bond motifs is 2. The smallest absolute Gasteiger partial charge is 0.282 e. The molecule has 6 aromatic rings. The number of carbonyl (C=O) groups is 1. The van der Waals surface area contributed by atoms with Crippen LogP contribution in [-0.4, -0.2) is 35.5 Å². The zero-order valence-corrected chi connectivity index (χ0v) is 27.2. The number of methoxy groups -OCH3 is 1. The van der Waals surface area contributed by atoms with Crippen LogP contribution in [0.25, 0.3) is 33.5 Å². The Morgan fingerprint density at radius 3 is 2.57 bits per heavy atom. The maximum Gasteiger partial charge on any atom is 0.282 e. The number of rotatable bonds is 8. The Morgan fingerprint density at radius 1 is 1.02 bits per heavy atom. The Morgan fingerprint density at radius 2 is 1.80 bits per heavy atom. The van der Waals surface area contributed by atoms with Crippen molar-refractivity contribution in [2.24, 2.45) is 5.10 Å². The standard InChI is InChI=1S/C32H21FI2N4O5/c1-42-26-10-5-11-27-22(26)15-28(44-27)31-38-25-9-3-2-8-21(25)32(41)39(31)36-16-18-12-23(34)30(24(35)13-18)43-17-29(40)37-20-7-4-6-19(33)14-20/h2-16H,17H2,1H3,(H,37,40). The number of nitrogens with one attached hydrogen (secondary N) is 1. The van der Waals surface area contributed by atoms with Crippen LogP contribution in [0.2, 0.25) is 0 Å². The Balaban J connectivity index is 1.31. The zero-order chi connectivity index (χ0) is 30.8. The minimum absolute atomic E-state index is 0.233. The minimum atomic E-state index is -0.447. The molecular formula is C32H21FI2N4O5. The minimum Gasteiger partial charge on any atom is -0.496 e. The van der Waals surface area contributed by atoms with Crippen molar-refractivity contribution in [3.63, 3.8) is 0 Å². The summed E-state index contributed by atoms with van der Waals surface area (Å²) in [7, 11) is 1.58. The maximum atomic E-state index is 13.6. The number of anilines is 1. The van der Waals surface area contributed by atoms with Gasteiger partial charge in [0.2, 0.25) is 5.82 Å². The monoisotopic (exact) mass is 814 g/mol. The van der Waals surface area contributed by atoms with Gasteiger partial charge < -0.3 is 19.2 Å². The molecule has 0 unspecified atom stereocenters. The van der Waals surface area contributed by atoms with E-state index < -0.39 is 11.7 Å². The molecule has 0 bridgehead atoms. The Labute approximate surface area is 277 Å². The van der Waals surface area contributed by atoms with Crippen molar-refractivity contribution in [3.8, 4) is 23.1 Å². The largest absolute Gasteiger partial charge is 0.496 e. The zero-order valence-electron chi connectivity index (χ0n) is 22.9. The average molecular weight is 814 g/mol. The first kappa shape index (κ1) is 29.7. The van der Waals surface area contributed by atoms with Crippen LogP contribution >= 0.6 is 45.2 Å². The molecule has 12 heteroatoms. The van der Waals surface area contributed by atoms with Gasteiger partial charge in [0.1, 0.15) is 22.9 Å². The quantitative estimate of drug-likeness (QED) is 0.130. The fourth-order valence-electron chi connectivity index (χ4n) is 4.53. The highest BCUT2D eigenvalue weighted by atomic mass is 127. The van der Waals surface area contributed by atoms with E-state index in [1.54, 1.807) is 43.7 Å². The molecule has 0 aliphatic rings.